The maximum Gasteiger partial charge on any atom is 0.350 e. The van der Waals surface area contributed by atoms with Gasteiger partial charge in [-0.15, -0.1) is 5.10 Å². The molecule has 112 valence electrons. The van der Waals surface area contributed by atoms with Crippen LogP contribution < -0.4 is 11.0 Å². The second kappa shape index (κ2) is 5.69. The van der Waals surface area contributed by atoms with Crippen molar-refractivity contribution in [3.8, 4) is 0 Å². The Labute approximate surface area is 121 Å². The van der Waals surface area contributed by atoms with Gasteiger partial charge in [-0.25, -0.2) is 9.48 Å². The summed E-state index contributed by atoms with van der Waals surface area (Å²) in [6.07, 6.45) is 4.01. The lowest BCUT2D eigenvalue weighted by atomic mass is 10.1. The molecule has 0 radical (unpaired) electrons. The van der Waals surface area contributed by atoms with Crippen LogP contribution in [0.15, 0.2) is 29.2 Å². The van der Waals surface area contributed by atoms with Crippen molar-refractivity contribution >= 4 is 11.6 Å². The first kappa shape index (κ1) is 13.8. The van der Waals surface area contributed by atoms with Crippen molar-refractivity contribution in [3.05, 3.63) is 34.9 Å². The van der Waals surface area contributed by atoms with E-state index >= 15 is 0 Å². The first-order valence-corrected chi connectivity index (χ1v) is 7.14. The fourth-order valence-corrected chi connectivity index (χ4v) is 2.76. The van der Waals surface area contributed by atoms with E-state index in [0.717, 1.165) is 23.9 Å². The minimum Gasteiger partial charge on any atom is -0.393 e. The van der Waals surface area contributed by atoms with Gasteiger partial charge in [0.25, 0.3) is 0 Å². The lowest BCUT2D eigenvalue weighted by Crippen LogP contribution is -2.36. The molecule has 1 fully saturated rings. The average Bonchev–Trinajstić information content (AvgIpc) is 3.02. The van der Waals surface area contributed by atoms with Crippen molar-refractivity contribution in [2.45, 2.75) is 31.9 Å². The number of aliphatic hydroxyl groups excluding tert-OH is 1. The van der Waals surface area contributed by atoms with Gasteiger partial charge in [0.2, 0.25) is 5.91 Å². The van der Waals surface area contributed by atoms with E-state index in [4.69, 9.17) is 0 Å². The first-order valence-electron chi connectivity index (χ1n) is 7.14. The summed E-state index contributed by atoms with van der Waals surface area (Å²) >= 11 is 0. The summed E-state index contributed by atoms with van der Waals surface area (Å²) in [4.78, 5) is 23.9. The van der Waals surface area contributed by atoms with Crippen LogP contribution in [0.25, 0.3) is 5.65 Å². The Morgan fingerprint density at radius 1 is 1.43 bits per heavy atom. The number of carbonyl (C=O) groups is 1. The fraction of sp³-hybridized carbons (Fsp3) is 0.500. The van der Waals surface area contributed by atoms with Crippen LogP contribution in [-0.2, 0) is 11.3 Å². The molecule has 2 aromatic rings. The van der Waals surface area contributed by atoms with Gasteiger partial charge in [0, 0.05) is 18.7 Å². The Morgan fingerprint density at radius 3 is 3.00 bits per heavy atom. The Hall–Kier alpha value is -2.15. The lowest BCUT2D eigenvalue weighted by molar-refractivity contribution is -0.122. The summed E-state index contributed by atoms with van der Waals surface area (Å²) in [6.45, 7) is 0.339. The van der Waals surface area contributed by atoms with Gasteiger partial charge in [-0.2, -0.15) is 0 Å². The molecule has 1 amide bonds. The van der Waals surface area contributed by atoms with Crippen LogP contribution in [0, 0.1) is 5.92 Å². The maximum absolute atomic E-state index is 12.0. The van der Waals surface area contributed by atoms with E-state index in [9.17, 15) is 14.7 Å². The zero-order valence-corrected chi connectivity index (χ0v) is 11.6. The summed E-state index contributed by atoms with van der Waals surface area (Å²) in [6, 6.07) is 5.24. The van der Waals surface area contributed by atoms with E-state index < -0.39 is 0 Å². The van der Waals surface area contributed by atoms with Gasteiger partial charge in [-0.3, -0.25) is 9.20 Å². The molecule has 2 unspecified atom stereocenters. The Morgan fingerprint density at radius 2 is 2.29 bits per heavy atom. The molecule has 1 aliphatic carbocycles. The largest absolute Gasteiger partial charge is 0.393 e. The molecule has 0 bridgehead atoms. The number of rotatable bonds is 4. The van der Waals surface area contributed by atoms with Gasteiger partial charge in [0.05, 0.1) is 6.10 Å². The topological polar surface area (TPSA) is 88.6 Å². The van der Waals surface area contributed by atoms with Crippen molar-refractivity contribution in [2.75, 3.05) is 6.54 Å². The third-order valence-corrected chi connectivity index (χ3v) is 3.96. The van der Waals surface area contributed by atoms with Crippen LogP contribution in [0.5, 0.6) is 0 Å². The highest BCUT2D eigenvalue weighted by Crippen LogP contribution is 2.24. The molecule has 3 rings (SSSR count). The second-order valence-electron chi connectivity index (χ2n) is 5.43. The summed E-state index contributed by atoms with van der Waals surface area (Å²) in [5.74, 6) is -0.147. The number of carbonyl (C=O) groups excluding carboxylic acids is 1. The van der Waals surface area contributed by atoms with Gasteiger partial charge in [-0.1, -0.05) is 12.5 Å². The molecule has 1 saturated carbocycles. The van der Waals surface area contributed by atoms with Gasteiger partial charge in [0.1, 0.15) is 6.54 Å². The van der Waals surface area contributed by atoms with Crippen LogP contribution in [0.4, 0.5) is 0 Å². The highest BCUT2D eigenvalue weighted by Gasteiger charge is 2.25. The van der Waals surface area contributed by atoms with E-state index in [2.05, 4.69) is 10.4 Å². The zero-order valence-electron chi connectivity index (χ0n) is 11.6. The van der Waals surface area contributed by atoms with E-state index in [0.29, 0.717) is 12.2 Å². The normalized spacial score (nSPS) is 21.8. The molecule has 2 atom stereocenters. The molecular weight excluding hydrogens is 272 g/mol. The SMILES string of the molecule is O=C(Cn1nc2ccccn2c1=O)NCC1CCCC1O. The molecule has 21 heavy (non-hydrogen) atoms. The second-order valence-corrected chi connectivity index (χ2v) is 5.43. The van der Waals surface area contributed by atoms with Crippen LogP contribution in [0.3, 0.4) is 0 Å². The third kappa shape index (κ3) is 2.82. The molecule has 2 N–H and O–H groups in total. The summed E-state index contributed by atoms with van der Waals surface area (Å²) < 4.78 is 2.55. The molecule has 0 aliphatic heterocycles. The molecule has 0 aromatic carbocycles. The summed E-state index contributed by atoms with van der Waals surface area (Å²) in [7, 11) is 0. The van der Waals surface area contributed by atoms with Crippen molar-refractivity contribution in [2.24, 2.45) is 5.92 Å². The number of pyridine rings is 1. The number of hydrogen-bond donors (Lipinski definition) is 2. The molecule has 7 heteroatoms. The van der Waals surface area contributed by atoms with Gasteiger partial charge in [-0.05, 0) is 25.0 Å². The van der Waals surface area contributed by atoms with Gasteiger partial charge < -0.3 is 10.4 Å². The zero-order chi connectivity index (χ0) is 14.8. The lowest BCUT2D eigenvalue weighted by Gasteiger charge is -2.14. The monoisotopic (exact) mass is 290 g/mol. The molecular formula is C14H18N4O3. The van der Waals surface area contributed by atoms with Gasteiger partial charge >= 0.3 is 5.69 Å². The van der Waals surface area contributed by atoms with Crippen LogP contribution in [-0.4, -0.2) is 37.8 Å². The number of nitrogens with zero attached hydrogens (tertiary/aromatic N) is 3. The Kier molecular flexibility index (Phi) is 3.74. The Balaban J connectivity index is 1.63. The highest BCUT2D eigenvalue weighted by atomic mass is 16.3. The van der Waals surface area contributed by atoms with Gasteiger partial charge in [0.15, 0.2) is 5.65 Å². The average molecular weight is 290 g/mol. The van der Waals surface area contributed by atoms with Crippen LogP contribution in [0.2, 0.25) is 0 Å². The quantitative estimate of drug-likeness (QED) is 0.814. The molecule has 0 saturated heterocycles. The minimum atomic E-state index is -0.332. The standard InChI is InChI=1S/C14H18N4O3/c19-11-5-3-4-10(11)8-15-13(20)9-18-14(21)17-7-2-1-6-12(17)16-18/h1-2,6-7,10-11,19H,3-5,8-9H2,(H,15,20). The van der Waals surface area contributed by atoms with E-state index in [1.165, 1.54) is 4.40 Å². The maximum atomic E-state index is 12.0. The van der Waals surface area contributed by atoms with Crippen molar-refractivity contribution in [3.63, 3.8) is 0 Å². The molecule has 7 nitrogen and oxygen atoms in total. The van der Waals surface area contributed by atoms with Crippen molar-refractivity contribution in [1.82, 2.24) is 19.5 Å². The predicted molar refractivity (Wildman–Crippen MR) is 75.8 cm³/mol. The molecule has 0 spiro atoms. The van der Waals surface area contributed by atoms with E-state index in [-0.39, 0.29) is 30.2 Å². The van der Waals surface area contributed by atoms with Crippen molar-refractivity contribution < 1.29 is 9.90 Å². The van der Waals surface area contributed by atoms with E-state index in [1.54, 1.807) is 24.4 Å². The molecule has 2 aromatic heterocycles. The number of aliphatic hydroxyl groups is 1. The van der Waals surface area contributed by atoms with E-state index in [1.807, 2.05) is 0 Å². The number of amides is 1. The summed E-state index contributed by atoms with van der Waals surface area (Å²) in [5, 5.41) is 16.6. The van der Waals surface area contributed by atoms with Crippen molar-refractivity contribution in [1.29, 1.82) is 0 Å². The van der Waals surface area contributed by atoms with Crippen LogP contribution in [0.1, 0.15) is 19.3 Å². The summed E-state index contributed by atoms with van der Waals surface area (Å²) in [5.41, 5.74) is 0.183. The predicted octanol–water partition coefficient (Wildman–Crippen LogP) is -0.227. The molecule has 1 aliphatic rings. The third-order valence-electron chi connectivity index (χ3n) is 3.96. The smallest absolute Gasteiger partial charge is 0.350 e. The molecule has 2 heterocycles. The first-order chi connectivity index (χ1) is 10.1. The number of aromatic nitrogens is 3. The minimum absolute atomic E-state index is 0.108. The highest BCUT2D eigenvalue weighted by molar-refractivity contribution is 5.75. The van der Waals surface area contributed by atoms with Crippen LogP contribution >= 0.6 is 0 Å². The fourth-order valence-electron chi connectivity index (χ4n) is 2.76. The number of nitrogens with one attached hydrogen (secondary N) is 1. The Bertz CT molecular complexity index is 706. The number of fused-ring (bicyclic) bond motifs is 1. The number of hydrogen-bond acceptors (Lipinski definition) is 4.